The number of para-hydroxylation sites is 2. The minimum absolute atomic E-state index is 0.0982. The van der Waals surface area contributed by atoms with Crippen LogP contribution in [0.5, 0.6) is 5.75 Å². The first-order valence-electron chi connectivity index (χ1n) is 8.74. The number of carbonyl (C=O) groups excluding carboxylic acids is 2. The van der Waals surface area contributed by atoms with Gasteiger partial charge in [0.25, 0.3) is 0 Å². The number of hydrogen-bond donors (Lipinski definition) is 1. The summed E-state index contributed by atoms with van der Waals surface area (Å²) in [4.78, 5) is 23.3. The molecule has 0 fully saturated rings. The van der Waals surface area contributed by atoms with Crippen molar-refractivity contribution >= 4 is 40.0 Å². The van der Waals surface area contributed by atoms with Crippen LogP contribution in [0.3, 0.4) is 0 Å². The van der Waals surface area contributed by atoms with E-state index in [0.29, 0.717) is 16.9 Å². The first kappa shape index (κ1) is 18.3. The van der Waals surface area contributed by atoms with Crippen LogP contribution in [-0.2, 0) is 11.3 Å². The zero-order chi connectivity index (χ0) is 20.4. The SMILES string of the molecule is COc1cccc2cc(C(=O)N/N=C\c3cn(CC(=O)[O-])c4ccccc34)oc12. The minimum Gasteiger partial charge on any atom is -0.548 e. The number of carboxylic acids is 1. The molecule has 0 atom stereocenters. The Morgan fingerprint density at radius 2 is 2.07 bits per heavy atom. The van der Waals surface area contributed by atoms with Crippen molar-refractivity contribution in [3.05, 3.63) is 66.1 Å². The molecule has 4 aromatic rings. The molecule has 2 heterocycles. The lowest BCUT2D eigenvalue weighted by molar-refractivity contribution is -0.306. The van der Waals surface area contributed by atoms with Gasteiger partial charge in [-0.1, -0.05) is 30.3 Å². The van der Waals surface area contributed by atoms with Crippen molar-refractivity contribution < 1.29 is 23.8 Å². The van der Waals surface area contributed by atoms with E-state index in [4.69, 9.17) is 9.15 Å². The number of ether oxygens (including phenoxy) is 1. The van der Waals surface area contributed by atoms with E-state index < -0.39 is 11.9 Å². The number of benzene rings is 2. The van der Waals surface area contributed by atoms with Gasteiger partial charge in [-0.25, -0.2) is 5.43 Å². The number of amides is 1. The number of carboxylic acid groups (broad SMARTS) is 1. The fraction of sp³-hybridized carbons (Fsp3) is 0.0952. The summed E-state index contributed by atoms with van der Waals surface area (Å²) < 4.78 is 12.4. The van der Waals surface area contributed by atoms with Crippen LogP contribution in [0.25, 0.3) is 21.9 Å². The predicted molar refractivity (Wildman–Crippen MR) is 105 cm³/mol. The molecule has 0 saturated carbocycles. The Balaban J connectivity index is 1.56. The third-order valence-electron chi connectivity index (χ3n) is 4.44. The Hall–Kier alpha value is -4.07. The zero-order valence-corrected chi connectivity index (χ0v) is 15.4. The van der Waals surface area contributed by atoms with Crippen LogP contribution in [0.2, 0.25) is 0 Å². The van der Waals surface area contributed by atoms with Gasteiger partial charge in [0, 0.05) is 28.0 Å². The van der Waals surface area contributed by atoms with Crippen molar-refractivity contribution in [1.82, 2.24) is 9.99 Å². The molecule has 29 heavy (non-hydrogen) atoms. The summed E-state index contributed by atoms with van der Waals surface area (Å²) >= 11 is 0. The number of rotatable bonds is 6. The van der Waals surface area contributed by atoms with Crippen LogP contribution in [0.1, 0.15) is 16.1 Å². The average Bonchev–Trinajstić information content (AvgIpc) is 3.30. The highest BCUT2D eigenvalue weighted by molar-refractivity contribution is 6.01. The molecule has 8 nitrogen and oxygen atoms in total. The highest BCUT2D eigenvalue weighted by Crippen LogP contribution is 2.28. The molecule has 0 unspecified atom stereocenters. The highest BCUT2D eigenvalue weighted by Gasteiger charge is 2.14. The van der Waals surface area contributed by atoms with E-state index in [0.717, 1.165) is 16.3 Å². The van der Waals surface area contributed by atoms with Gasteiger partial charge in [0.1, 0.15) is 0 Å². The number of nitrogens with one attached hydrogen (secondary N) is 1. The second-order valence-electron chi connectivity index (χ2n) is 6.29. The lowest BCUT2D eigenvalue weighted by Crippen LogP contribution is -2.27. The molecule has 0 spiro atoms. The summed E-state index contributed by atoms with van der Waals surface area (Å²) in [7, 11) is 1.53. The van der Waals surface area contributed by atoms with Gasteiger partial charge in [0.2, 0.25) is 0 Å². The molecule has 2 aromatic heterocycles. The van der Waals surface area contributed by atoms with Crippen molar-refractivity contribution in [1.29, 1.82) is 0 Å². The molecule has 8 heteroatoms. The van der Waals surface area contributed by atoms with Gasteiger partial charge in [-0.05, 0) is 18.2 Å². The molecule has 0 saturated heterocycles. The van der Waals surface area contributed by atoms with E-state index in [-0.39, 0.29) is 12.3 Å². The quantitative estimate of drug-likeness (QED) is 0.400. The Labute approximate surface area is 165 Å². The van der Waals surface area contributed by atoms with Gasteiger partial charge in [0.05, 0.1) is 25.8 Å². The van der Waals surface area contributed by atoms with E-state index >= 15 is 0 Å². The number of nitrogens with zero attached hydrogens (tertiary/aromatic N) is 2. The summed E-state index contributed by atoms with van der Waals surface area (Å²) in [6, 6.07) is 14.3. The van der Waals surface area contributed by atoms with Crippen LogP contribution in [0.4, 0.5) is 0 Å². The number of hydrazone groups is 1. The number of carbonyl (C=O) groups is 2. The second kappa shape index (κ2) is 7.51. The monoisotopic (exact) mass is 390 g/mol. The molecular weight excluding hydrogens is 374 g/mol. The molecular formula is C21H16N3O5-. The maximum atomic E-state index is 12.4. The topological polar surface area (TPSA) is 109 Å². The van der Waals surface area contributed by atoms with E-state index in [1.807, 2.05) is 24.3 Å². The van der Waals surface area contributed by atoms with Crippen LogP contribution < -0.4 is 15.3 Å². The largest absolute Gasteiger partial charge is 0.548 e. The summed E-state index contributed by atoms with van der Waals surface area (Å²) in [5, 5.41) is 16.5. The molecule has 1 N–H and O–H groups in total. The number of aromatic nitrogens is 1. The van der Waals surface area contributed by atoms with E-state index in [1.54, 1.807) is 35.0 Å². The Bertz CT molecular complexity index is 1250. The molecule has 0 bridgehead atoms. The van der Waals surface area contributed by atoms with Crippen LogP contribution >= 0.6 is 0 Å². The molecule has 0 aliphatic rings. The molecule has 146 valence electrons. The van der Waals surface area contributed by atoms with Crippen LogP contribution in [0.15, 0.2) is 64.2 Å². The molecule has 4 rings (SSSR count). The maximum Gasteiger partial charge on any atom is 0.307 e. The fourth-order valence-electron chi connectivity index (χ4n) is 3.17. The van der Waals surface area contributed by atoms with Gasteiger partial charge >= 0.3 is 5.91 Å². The summed E-state index contributed by atoms with van der Waals surface area (Å²) in [5.41, 5.74) is 4.29. The van der Waals surface area contributed by atoms with Crippen LogP contribution in [-0.4, -0.2) is 29.8 Å². The number of hydrogen-bond acceptors (Lipinski definition) is 6. The summed E-state index contributed by atoms with van der Waals surface area (Å²) in [5.74, 6) is -1.08. The van der Waals surface area contributed by atoms with Crippen LogP contribution in [0, 0.1) is 0 Å². The lowest BCUT2D eigenvalue weighted by atomic mass is 10.2. The molecule has 0 aliphatic heterocycles. The molecule has 0 radical (unpaired) electrons. The van der Waals surface area contributed by atoms with Gasteiger partial charge in [-0.15, -0.1) is 0 Å². The smallest absolute Gasteiger partial charge is 0.307 e. The third kappa shape index (κ3) is 3.55. The first-order valence-corrected chi connectivity index (χ1v) is 8.74. The van der Waals surface area contributed by atoms with Gasteiger partial charge in [0.15, 0.2) is 17.1 Å². The van der Waals surface area contributed by atoms with Crippen molar-refractivity contribution in [2.75, 3.05) is 7.11 Å². The summed E-state index contributed by atoms with van der Waals surface area (Å²) in [6.45, 7) is -0.276. The zero-order valence-electron chi connectivity index (χ0n) is 15.4. The Morgan fingerprint density at radius 3 is 2.86 bits per heavy atom. The summed E-state index contributed by atoms with van der Waals surface area (Å²) in [6.07, 6.45) is 3.09. The van der Waals surface area contributed by atoms with Crippen molar-refractivity contribution in [2.45, 2.75) is 6.54 Å². The molecule has 2 aromatic carbocycles. The molecule has 1 amide bonds. The van der Waals surface area contributed by atoms with E-state index in [1.165, 1.54) is 13.3 Å². The number of aliphatic carboxylic acids is 1. The minimum atomic E-state index is -1.19. The lowest BCUT2D eigenvalue weighted by Gasteiger charge is -2.04. The Morgan fingerprint density at radius 1 is 1.24 bits per heavy atom. The van der Waals surface area contributed by atoms with Gasteiger partial charge in [-0.2, -0.15) is 5.10 Å². The van der Waals surface area contributed by atoms with E-state index in [9.17, 15) is 14.7 Å². The van der Waals surface area contributed by atoms with Crippen molar-refractivity contribution in [2.24, 2.45) is 5.10 Å². The standard InChI is InChI=1S/C21H17N3O5/c1-28-17-8-4-5-13-9-18(29-20(13)17)21(27)23-22-10-14-11-24(12-19(25)26)16-7-3-2-6-15(14)16/h2-11H,12H2,1H3,(H,23,27)(H,25,26)/p-1/b22-10-. The predicted octanol–water partition coefficient (Wildman–Crippen LogP) is 1.91. The average molecular weight is 390 g/mol. The third-order valence-corrected chi connectivity index (χ3v) is 4.44. The molecule has 0 aliphatic carbocycles. The van der Waals surface area contributed by atoms with Gasteiger partial charge in [-0.3, -0.25) is 4.79 Å². The number of fused-ring (bicyclic) bond motifs is 2. The fourth-order valence-corrected chi connectivity index (χ4v) is 3.17. The highest BCUT2D eigenvalue weighted by atomic mass is 16.5. The van der Waals surface area contributed by atoms with Gasteiger partial charge < -0.3 is 23.6 Å². The van der Waals surface area contributed by atoms with Crippen molar-refractivity contribution in [3.63, 3.8) is 0 Å². The number of methoxy groups -OCH3 is 1. The second-order valence-corrected chi connectivity index (χ2v) is 6.29. The van der Waals surface area contributed by atoms with E-state index in [2.05, 4.69) is 10.5 Å². The number of furan rings is 1. The Kier molecular flexibility index (Phi) is 4.74. The maximum absolute atomic E-state index is 12.4. The normalized spacial score (nSPS) is 11.3. The van der Waals surface area contributed by atoms with Crippen molar-refractivity contribution in [3.8, 4) is 5.75 Å². The first-order chi connectivity index (χ1) is 14.1.